The van der Waals surface area contributed by atoms with Crippen molar-refractivity contribution in [2.24, 2.45) is 0 Å². The number of nitrogens with zero attached hydrogens (tertiary/aromatic N) is 5. The highest BCUT2D eigenvalue weighted by molar-refractivity contribution is 7.12. The van der Waals surface area contributed by atoms with E-state index in [1.165, 1.54) is 22.5 Å². The van der Waals surface area contributed by atoms with Crippen molar-refractivity contribution >= 4 is 40.2 Å². The van der Waals surface area contributed by atoms with Gasteiger partial charge >= 0.3 is 0 Å². The molecular weight excluding hydrogens is 542 g/mol. The highest BCUT2D eigenvalue weighted by Gasteiger charge is 2.19. The van der Waals surface area contributed by atoms with Crippen LogP contribution in [0.5, 0.6) is 0 Å². The lowest BCUT2D eigenvalue weighted by Crippen LogP contribution is -2.26. The molecule has 5 heterocycles. The van der Waals surface area contributed by atoms with Crippen LogP contribution in [0.3, 0.4) is 0 Å². The minimum Gasteiger partial charge on any atom is -0.324 e. The second-order valence-electron chi connectivity index (χ2n) is 10.6. The highest BCUT2D eigenvalue weighted by Crippen LogP contribution is 2.34. The van der Waals surface area contributed by atoms with Crippen LogP contribution in [0.2, 0.25) is 0 Å². The Hall–Kier alpha value is -4.86. The predicted molar refractivity (Wildman–Crippen MR) is 168 cm³/mol. The van der Waals surface area contributed by atoms with E-state index in [1.54, 1.807) is 6.20 Å². The molecule has 0 radical (unpaired) electrons. The van der Waals surface area contributed by atoms with Gasteiger partial charge < -0.3 is 15.5 Å². The van der Waals surface area contributed by atoms with Crippen molar-refractivity contribution in [3.63, 3.8) is 0 Å². The molecule has 0 unspecified atom stereocenters. The number of pyridine rings is 1. The number of imidazole rings is 1. The molecule has 0 atom stereocenters. The fourth-order valence-corrected chi connectivity index (χ4v) is 6.26. The fourth-order valence-electron chi connectivity index (χ4n) is 5.44. The molecule has 4 aromatic heterocycles. The quantitative estimate of drug-likeness (QED) is 0.228. The maximum Gasteiger partial charge on any atom is 0.265 e. The molecule has 2 aromatic carbocycles. The summed E-state index contributed by atoms with van der Waals surface area (Å²) in [5, 5.41) is 8.39. The van der Waals surface area contributed by atoms with E-state index in [1.807, 2.05) is 77.5 Å². The minimum atomic E-state index is -0.116. The molecule has 9 heteroatoms. The number of thiophene rings is 1. The fraction of sp³-hybridized carbons (Fsp3) is 0.152. The third-order valence-corrected chi connectivity index (χ3v) is 8.57. The second-order valence-corrected chi connectivity index (χ2v) is 11.5. The minimum absolute atomic E-state index is 0.116. The molecule has 0 saturated carbocycles. The number of likely N-dealkylation sites (N-methyl/N-ethyl adjacent to an activating group) is 1. The Balaban J connectivity index is 1.24. The molecule has 0 spiro atoms. The molecule has 0 saturated heterocycles. The number of hydrogen-bond donors (Lipinski definition) is 2. The van der Waals surface area contributed by atoms with Gasteiger partial charge in [-0.15, -0.1) is 11.3 Å². The Morgan fingerprint density at radius 1 is 0.952 bits per heavy atom. The number of nitrogens with one attached hydrogen (secondary N) is 2. The summed E-state index contributed by atoms with van der Waals surface area (Å²) < 4.78 is 2.04. The van der Waals surface area contributed by atoms with Crippen LogP contribution in [0.1, 0.15) is 26.4 Å². The summed E-state index contributed by atoms with van der Waals surface area (Å²) in [6.07, 6.45) is 4.82. The number of amides is 1. The number of fused-ring (bicyclic) bond motifs is 2. The number of carbonyl (C=O) groups is 1. The van der Waals surface area contributed by atoms with Crippen molar-refractivity contribution in [2.75, 3.05) is 24.2 Å². The van der Waals surface area contributed by atoms with Crippen molar-refractivity contribution in [3.05, 3.63) is 112 Å². The van der Waals surface area contributed by atoms with Crippen molar-refractivity contribution < 1.29 is 4.79 Å². The van der Waals surface area contributed by atoms with Gasteiger partial charge in [0.2, 0.25) is 5.95 Å². The summed E-state index contributed by atoms with van der Waals surface area (Å²) in [5.41, 5.74) is 9.39. The Morgan fingerprint density at radius 3 is 2.76 bits per heavy atom. The Morgan fingerprint density at radius 2 is 1.88 bits per heavy atom. The number of aromatic nitrogens is 4. The third-order valence-electron chi connectivity index (χ3n) is 7.56. The first kappa shape index (κ1) is 26.1. The third kappa shape index (κ3) is 5.04. The van der Waals surface area contributed by atoms with Gasteiger partial charge in [0.25, 0.3) is 5.91 Å². The van der Waals surface area contributed by atoms with E-state index in [2.05, 4.69) is 45.8 Å². The lowest BCUT2D eigenvalue weighted by molar-refractivity contribution is 0.103. The lowest BCUT2D eigenvalue weighted by Gasteiger charge is -2.25. The summed E-state index contributed by atoms with van der Waals surface area (Å²) in [6.45, 7) is 3.96. The molecule has 1 aliphatic heterocycles. The standard InChI is InChI=1S/C33H29N7OS/c1-21-13-17-42-31(21)32(41)35-25-7-5-6-23(18-25)29-30(40-15-4-3-8-28(40)38-29)27-11-14-34-33(37-27)36-26-10-9-22-12-16-39(2)20-24(22)19-26/h3-11,13-15,17-19H,12,16,20H2,1-2H3,(H,35,41)(H,34,36,37). The zero-order valence-electron chi connectivity index (χ0n) is 23.3. The number of rotatable bonds is 6. The van der Waals surface area contributed by atoms with Gasteiger partial charge in [0.15, 0.2) is 0 Å². The van der Waals surface area contributed by atoms with Gasteiger partial charge in [0.05, 0.1) is 22.0 Å². The normalized spacial score (nSPS) is 13.2. The van der Waals surface area contributed by atoms with E-state index in [-0.39, 0.29) is 5.91 Å². The summed E-state index contributed by atoms with van der Waals surface area (Å²) >= 11 is 1.44. The van der Waals surface area contributed by atoms with Gasteiger partial charge in [0, 0.05) is 42.4 Å². The van der Waals surface area contributed by atoms with Crippen LogP contribution in [0.25, 0.3) is 28.3 Å². The van der Waals surface area contributed by atoms with E-state index in [4.69, 9.17) is 9.97 Å². The topological polar surface area (TPSA) is 87.5 Å². The average Bonchev–Trinajstić information content (AvgIpc) is 3.61. The molecule has 0 bridgehead atoms. The Kier molecular flexibility index (Phi) is 6.73. The van der Waals surface area contributed by atoms with Gasteiger partial charge in [-0.05, 0) is 91.0 Å². The smallest absolute Gasteiger partial charge is 0.265 e. The molecule has 2 N–H and O–H groups in total. The molecule has 0 fully saturated rings. The second kappa shape index (κ2) is 10.8. The summed E-state index contributed by atoms with van der Waals surface area (Å²) in [4.78, 5) is 30.4. The van der Waals surface area contributed by atoms with Crippen molar-refractivity contribution in [2.45, 2.75) is 19.9 Å². The number of anilines is 3. The van der Waals surface area contributed by atoms with Crippen LogP contribution in [0.15, 0.2) is 90.6 Å². The summed E-state index contributed by atoms with van der Waals surface area (Å²) in [6, 6.07) is 24.0. The number of hydrogen-bond acceptors (Lipinski definition) is 7. The van der Waals surface area contributed by atoms with Crippen LogP contribution >= 0.6 is 11.3 Å². The molecule has 8 nitrogen and oxygen atoms in total. The van der Waals surface area contributed by atoms with Gasteiger partial charge in [-0.25, -0.2) is 15.0 Å². The van der Waals surface area contributed by atoms with E-state index in [9.17, 15) is 4.79 Å². The van der Waals surface area contributed by atoms with E-state index >= 15 is 0 Å². The maximum atomic E-state index is 12.9. The highest BCUT2D eigenvalue weighted by atomic mass is 32.1. The van der Waals surface area contributed by atoms with Crippen LogP contribution in [-0.4, -0.2) is 43.8 Å². The summed E-state index contributed by atoms with van der Waals surface area (Å²) in [7, 11) is 2.15. The zero-order chi connectivity index (χ0) is 28.6. The predicted octanol–water partition coefficient (Wildman–Crippen LogP) is 6.81. The maximum absolute atomic E-state index is 12.9. The van der Waals surface area contributed by atoms with Gasteiger partial charge in [-0.3, -0.25) is 9.20 Å². The van der Waals surface area contributed by atoms with Gasteiger partial charge in [0.1, 0.15) is 5.65 Å². The number of aryl methyl sites for hydroxylation is 1. The molecule has 6 aromatic rings. The van der Waals surface area contributed by atoms with Crippen molar-refractivity contribution in [3.8, 4) is 22.6 Å². The van der Waals surface area contributed by atoms with Gasteiger partial charge in [-0.1, -0.05) is 24.3 Å². The average molecular weight is 572 g/mol. The van der Waals surface area contributed by atoms with Crippen molar-refractivity contribution in [1.82, 2.24) is 24.3 Å². The SMILES string of the molecule is Cc1ccsc1C(=O)Nc1cccc(-c2nc3ccccn3c2-c2ccnc(Nc3ccc4c(c3)CN(C)CC4)n2)c1. The first-order valence-corrected chi connectivity index (χ1v) is 14.7. The molecule has 1 aliphatic rings. The monoisotopic (exact) mass is 571 g/mol. The van der Waals surface area contributed by atoms with Crippen LogP contribution in [0.4, 0.5) is 17.3 Å². The first-order valence-electron chi connectivity index (χ1n) is 13.9. The zero-order valence-corrected chi connectivity index (χ0v) is 24.2. The Labute approximate surface area is 247 Å². The molecule has 208 valence electrons. The van der Waals surface area contributed by atoms with Crippen LogP contribution in [-0.2, 0) is 13.0 Å². The van der Waals surface area contributed by atoms with E-state index < -0.39 is 0 Å². The van der Waals surface area contributed by atoms with Crippen LogP contribution in [0, 0.1) is 6.92 Å². The molecule has 7 rings (SSSR count). The summed E-state index contributed by atoms with van der Waals surface area (Å²) in [5.74, 6) is 0.399. The Bertz CT molecular complexity index is 1940. The molecule has 42 heavy (non-hydrogen) atoms. The lowest BCUT2D eigenvalue weighted by atomic mass is 9.99. The van der Waals surface area contributed by atoms with Crippen LogP contribution < -0.4 is 10.6 Å². The van der Waals surface area contributed by atoms with E-state index in [0.717, 1.165) is 59.1 Å². The van der Waals surface area contributed by atoms with Gasteiger partial charge in [-0.2, -0.15) is 0 Å². The van der Waals surface area contributed by atoms with E-state index in [0.29, 0.717) is 16.5 Å². The number of benzene rings is 2. The molecular formula is C33H29N7OS. The molecule has 0 aliphatic carbocycles. The van der Waals surface area contributed by atoms with Crippen molar-refractivity contribution in [1.29, 1.82) is 0 Å². The number of carbonyl (C=O) groups excluding carboxylic acids is 1. The molecule has 1 amide bonds. The largest absolute Gasteiger partial charge is 0.324 e. The first-order chi connectivity index (χ1) is 20.5.